The molecule has 0 atom stereocenters. The first-order valence-corrected chi connectivity index (χ1v) is 8.90. The van der Waals surface area contributed by atoms with Crippen molar-refractivity contribution in [2.45, 2.75) is 4.90 Å². The Bertz CT molecular complexity index is 660. The number of hydrogen-bond donors (Lipinski definition) is 0. The second-order valence-electron chi connectivity index (χ2n) is 5.29. The zero-order valence-electron chi connectivity index (χ0n) is 12.7. The Hall–Kier alpha value is -1.72. The molecule has 0 spiro atoms. The molecular formula is C17H18ClN3OS. The predicted octanol–water partition coefficient (Wildman–Crippen LogP) is 3.18. The van der Waals surface area contributed by atoms with E-state index < -0.39 is 0 Å². The zero-order chi connectivity index (χ0) is 16.1. The summed E-state index contributed by atoms with van der Waals surface area (Å²) in [5.74, 6) is 0.654. The van der Waals surface area contributed by atoms with E-state index in [9.17, 15) is 4.79 Å². The molecule has 2 aromatic rings. The third-order valence-corrected chi connectivity index (χ3v) is 5.15. The number of carbonyl (C=O) groups is 1. The number of carbonyl (C=O) groups excluding carboxylic acids is 1. The summed E-state index contributed by atoms with van der Waals surface area (Å²) in [7, 11) is 0. The Morgan fingerprint density at radius 3 is 2.48 bits per heavy atom. The van der Waals surface area contributed by atoms with Crippen molar-refractivity contribution in [2.24, 2.45) is 0 Å². The second kappa shape index (κ2) is 7.70. The van der Waals surface area contributed by atoms with Crippen LogP contribution in [0.1, 0.15) is 0 Å². The molecule has 120 valence electrons. The van der Waals surface area contributed by atoms with E-state index in [1.807, 2.05) is 41.3 Å². The molecular weight excluding hydrogens is 330 g/mol. The lowest BCUT2D eigenvalue weighted by molar-refractivity contribution is -0.128. The minimum Gasteiger partial charge on any atom is -0.367 e. The van der Waals surface area contributed by atoms with Gasteiger partial charge in [-0.1, -0.05) is 23.7 Å². The molecule has 1 aromatic carbocycles. The quantitative estimate of drug-likeness (QED) is 0.796. The van der Waals surface area contributed by atoms with Crippen LogP contribution < -0.4 is 4.90 Å². The van der Waals surface area contributed by atoms with Crippen LogP contribution in [0.5, 0.6) is 0 Å². The second-order valence-corrected chi connectivity index (χ2v) is 6.75. The highest BCUT2D eigenvalue weighted by Crippen LogP contribution is 2.26. The minimum absolute atomic E-state index is 0.186. The smallest absolute Gasteiger partial charge is 0.233 e. The predicted molar refractivity (Wildman–Crippen MR) is 95.2 cm³/mol. The molecule has 2 heterocycles. The molecule has 1 fully saturated rings. The molecule has 23 heavy (non-hydrogen) atoms. The Morgan fingerprint density at radius 2 is 1.78 bits per heavy atom. The molecule has 1 amide bonds. The average molecular weight is 348 g/mol. The third-order valence-electron chi connectivity index (χ3n) is 3.84. The van der Waals surface area contributed by atoms with Gasteiger partial charge in [-0.3, -0.25) is 9.78 Å². The summed E-state index contributed by atoms with van der Waals surface area (Å²) < 4.78 is 0. The minimum atomic E-state index is 0.186. The Balaban J connectivity index is 1.50. The SMILES string of the molecule is O=C(CSc1ccncc1)N1CCN(c2ccccc2Cl)CC1. The van der Waals surface area contributed by atoms with Gasteiger partial charge in [0.1, 0.15) is 0 Å². The number of anilines is 1. The summed E-state index contributed by atoms with van der Waals surface area (Å²) in [4.78, 5) is 21.6. The maximum Gasteiger partial charge on any atom is 0.233 e. The lowest BCUT2D eigenvalue weighted by Gasteiger charge is -2.36. The first kappa shape index (κ1) is 16.1. The van der Waals surface area contributed by atoms with Crippen LogP contribution in [0.4, 0.5) is 5.69 Å². The largest absolute Gasteiger partial charge is 0.367 e. The van der Waals surface area contributed by atoms with E-state index >= 15 is 0 Å². The molecule has 0 N–H and O–H groups in total. The van der Waals surface area contributed by atoms with Crippen LogP contribution in [-0.2, 0) is 4.79 Å². The van der Waals surface area contributed by atoms with Gasteiger partial charge in [0.05, 0.1) is 16.5 Å². The molecule has 0 unspecified atom stereocenters. The molecule has 1 aliphatic rings. The van der Waals surface area contributed by atoms with Crippen molar-refractivity contribution in [2.75, 3.05) is 36.8 Å². The van der Waals surface area contributed by atoms with Gasteiger partial charge in [-0.15, -0.1) is 11.8 Å². The highest BCUT2D eigenvalue weighted by molar-refractivity contribution is 8.00. The van der Waals surface area contributed by atoms with Gasteiger partial charge in [0.2, 0.25) is 5.91 Å². The number of amides is 1. The summed E-state index contributed by atoms with van der Waals surface area (Å²) in [5, 5.41) is 0.764. The fourth-order valence-electron chi connectivity index (χ4n) is 2.58. The lowest BCUT2D eigenvalue weighted by atomic mass is 10.2. The molecule has 4 nitrogen and oxygen atoms in total. The van der Waals surface area contributed by atoms with Gasteiger partial charge in [-0.2, -0.15) is 0 Å². The number of aromatic nitrogens is 1. The molecule has 0 aliphatic carbocycles. The number of piperazine rings is 1. The van der Waals surface area contributed by atoms with E-state index in [1.54, 1.807) is 24.2 Å². The van der Waals surface area contributed by atoms with Gasteiger partial charge in [-0.05, 0) is 24.3 Å². The maximum atomic E-state index is 12.3. The molecule has 0 radical (unpaired) electrons. The highest BCUT2D eigenvalue weighted by atomic mass is 35.5. The zero-order valence-corrected chi connectivity index (χ0v) is 14.3. The van der Waals surface area contributed by atoms with E-state index in [-0.39, 0.29) is 5.91 Å². The summed E-state index contributed by atoms with van der Waals surface area (Å²) in [5.41, 5.74) is 1.05. The molecule has 0 saturated carbocycles. The maximum absolute atomic E-state index is 12.3. The van der Waals surface area contributed by atoms with Crippen molar-refractivity contribution in [3.8, 4) is 0 Å². The fourth-order valence-corrected chi connectivity index (χ4v) is 3.62. The highest BCUT2D eigenvalue weighted by Gasteiger charge is 2.22. The number of rotatable bonds is 4. The molecule has 1 saturated heterocycles. The molecule has 0 bridgehead atoms. The fraction of sp³-hybridized carbons (Fsp3) is 0.294. The van der Waals surface area contributed by atoms with Crippen molar-refractivity contribution >= 4 is 35.0 Å². The topological polar surface area (TPSA) is 36.4 Å². The van der Waals surface area contributed by atoms with Crippen molar-refractivity contribution in [1.82, 2.24) is 9.88 Å². The van der Waals surface area contributed by atoms with Crippen LogP contribution in [0.25, 0.3) is 0 Å². The summed E-state index contributed by atoms with van der Waals surface area (Å²) in [6.45, 7) is 3.10. The van der Waals surface area contributed by atoms with E-state index in [0.29, 0.717) is 5.75 Å². The molecule has 1 aromatic heterocycles. The number of nitrogens with zero attached hydrogens (tertiary/aromatic N) is 3. The van der Waals surface area contributed by atoms with Crippen molar-refractivity contribution < 1.29 is 4.79 Å². The molecule has 1 aliphatic heterocycles. The number of pyridine rings is 1. The van der Waals surface area contributed by atoms with E-state index in [0.717, 1.165) is 41.8 Å². The Labute approximate surface area is 145 Å². The van der Waals surface area contributed by atoms with E-state index in [4.69, 9.17) is 11.6 Å². The number of halogens is 1. The van der Waals surface area contributed by atoms with Gasteiger partial charge in [-0.25, -0.2) is 0 Å². The summed E-state index contributed by atoms with van der Waals surface area (Å²) >= 11 is 7.80. The number of para-hydroxylation sites is 1. The van der Waals surface area contributed by atoms with Crippen LogP contribution >= 0.6 is 23.4 Å². The monoisotopic (exact) mass is 347 g/mol. The Morgan fingerprint density at radius 1 is 1.09 bits per heavy atom. The number of benzene rings is 1. The summed E-state index contributed by atoms with van der Waals surface area (Å²) in [6, 6.07) is 11.7. The normalized spacial score (nSPS) is 14.8. The van der Waals surface area contributed by atoms with E-state index in [2.05, 4.69) is 9.88 Å². The van der Waals surface area contributed by atoms with Crippen LogP contribution in [0, 0.1) is 0 Å². The van der Waals surface area contributed by atoms with Crippen LogP contribution in [0.15, 0.2) is 53.7 Å². The first-order chi connectivity index (χ1) is 11.2. The number of hydrogen-bond acceptors (Lipinski definition) is 4. The number of thioether (sulfide) groups is 1. The molecule has 6 heteroatoms. The van der Waals surface area contributed by atoms with Crippen LogP contribution in [-0.4, -0.2) is 47.7 Å². The van der Waals surface area contributed by atoms with Crippen molar-refractivity contribution in [3.05, 3.63) is 53.8 Å². The van der Waals surface area contributed by atoms with Gasteiger partial charge < -0.3 is 9.80 Å². The lowest BCUT2D eigenvalue weighted by Crippen LogP contribution is -2.49. The Kier molecular flexibility index (Phi) is 5.41. The van der Waals surface area contributed by atoms with Gasteiger partial charge in [0.25, 0.3) is 0 Å². The molecule has 3 rings (SSSR count). The van der Waals surface area contributed by atoms with Gasteiger partial charge in [0.15, 0.2) is 0 Å². The van der Waals surface area contributed by atoms with Crippen molar-refractivity contribution in [1.29, 1.82) is 0 Å². The van der Waals surface area contributed by atoms with Crippen molar-refractivity contribution in [3.63, 3.8) is 0 Å². The first-order valence-electron chi connectivity index (χ1n) is 7.54. The van der Waals surface area contributed by atoms with Gasteiger partial charge >= 0.3 is 0 Å². The van der Waals surface area contributed by atoms with E-state index in [1.165, 1.54) is 0 Å². The average Bonchev–Trinajstić information content (AvgIpc) is 2.61. The summed E-state index contributed by atoms with van der Waals surface area (Å²) in [6.07, 6.45) is 3.49. The standard InChI is InChI=1S/C17H18ClN3OS/c18-15-3-1-2-4-16(15)20-9-11-21(12-10-20)17(22)13-23-14-5-7-19-8-6-14/h1-8H,9-13H2. The third kappa shape index (κ3) is 4.18. The van der Waals surface area contributed by atoms with Crippen LogP contribution in [0.3, 0.4) is 0 Å². The van der Waals surface area contributed by atoms with Gasteiger partial charge in [0, 0.05) is 43.5 Å². The van der Waals surface area contributed by atoms with Crippen LogP contribution in [0.2, 0.25) is 5.02 Å².